The number of aliphatic hydroxyl groups excluding tert-OH is 1. The van der Waals surface area contributed by atoms with E-state index < -0.39 is 6.10 Å². The highest BCUT2D eigenvalue weighted by Gasteiger charge is 2.33. The van der Waals surface area contributed by atoms with Gasteiger partial charge in [0.15, 0.2) is 0 Å². The Morgan fingerprint density at radius 2 is 2.09 bits per heavy atom. The van der Waals surface area contributed by atoms with Gasteiger partial charge < -0.3 is 14.9 Å². The molecule has 2 atom stereocenters. The van der Waals surface area contributed by atoms with Gasteiger partial charge in [0.2, 0.25) is 5.91 Å². The Kier molecular flexibility index (Phi) is 6.09. The smallest absolute Gasteiger partial charge is 0.227 e. The zero-order valence-electron chi connectivity index (χ0n) is 12.9. The number of likely N-dealkylation sites (N-methyl/N-ethyl adjacent to an activating group) is 1. The molecule has 1 fully saturated rings. The van der Waals surface area contributed by atoms with Crippen molar-refractivity contribution in [1.29, 1.82) is 0 Å². The number of halogens is 2. The highest BCUT2D eigenvalue weighted by Crippen LogP contribution is 2.24. The predicted octanol–water partition coefficient (Wildman–Crippen LogP) is 2.45. The van der Waals surface area contributed by atoms with Crippen molar-refractivity contribution >= 4 is 29.1 Å². The second-order valence-electron chi connectivity index (χ2n) is 6.05. The normalized spacial score (nSPS) is 22.2. The van der Waals surface area contributed by atoms with Gasteiger partial charge in [0, 0.05) is 13.1 Å². The third kappa shape index (κ3) is 4.35. The minimum absolute atomic E-state index is 0.0176. The zero-order valence-corrected chi connectivity index (χ0v) is 14.4. The first-order valence-corrected chi connectivity index (χ1v) is 8.20. The van der Waals surface area contributed by atoms with Gasteiger partial charge in [-0.25, -0.2) is 0 Å². The van der Waals surface area contributed by atoms with Crippen LogP contribution < -0.4 is 0 Å². The van der Waals surface area contributed by atoms with Crippen LogP contribution in [0, 0.1) is 0 Å². The Labute approximate surface area is 141 Å². The molecule has 0 bridgehead atoms. The zero-order chi connectivity index (χ0) is 16.3. The number of amides is 1. The molecule has 0 spiro atoms. The lowest BCUT2D eigenvalue weighted by Gasteiger charge is -2.40. The van der Waals surface area contributed by atoms with E-state index in [0.717, 1.165) is 18.4 Å². The summed E-state index contributed by atoms with van der Waals surface area (Å²) >= 11 is 11.9. The first-order chi connectivity index (χ1) is 10.4. The highest BCUT2D eigenvalue weighted by molar-refractivity contribution is 6.42. The number of likely N-dealkylation sites (tertiary alicyclic amines) is 1. The van der Waals surface area contributed by atoms with Gasteiger partial charge in [-0.3, -0.25) is 4.79 Å². The van der Waals surface area contributed by atoms with E-state index >= 15 is 0 Å². The first-order valence-electron chi connectivity index (χ1n) is 7.44. The van der Waals surface area contributed by atoms with Crippen LogP contribution in [0.5, 0.6) is 0 Å². The summed E-state index contributed by atoms with van der Waals surface area (Å²) in [7, 11) is 3.89. The van der Waals surface area contributed by atoms with E-state index in [4.69, 9.17) is 23.2 Å². The molecule has 1 aromatic carbocycles. The summed E-state index contributed by atoms with van der Waals surface area (Å²) in [5, 5.41) is 11.2. The van der Waals surface area contributed by atoms with Crippen molar-refractivity contribution in [3.8, 4) is 0 Å². The lowest BCUT2D eigenvalue weighted by molar-refractivity contribution is -0.138. The Morgan fingerprint density at radius 1 is 1.36 bits per heavy atom. The number of rotatable bonds is 4. The standard InChI is InChI=1S/C16H22Cl2N2O2/c1-19(2)10-14-15(21)4-3-7-20(14)16(22)9-11-5-6-12(17)13(18)8-11/h5-6,8,14-15,21H,3-4,7,9-10H2,1-2H3/t14-,15+/m1/s1. The maximum Gasteiger partial charge on any atom is 0.227 e. The van der Waals surface area contributed by atoms with Crippen LogP contribution in [0.3, 0.4) is 0 Å². The number of carbonyl (C=O) groups excluding carboxylic acids is 1. The molecule has 1 saturated heterocycles. The van der Waals surface area contributed by atoms with E-state index in [1.165, 1.54) is 0 Å². The largest absolute Gasteiger partial charge is 0.391 e. The summed E-state index contributed by atoms with van der Waals surface area (Å²) in [6, 6.07) is 5.09. The molecular formula is C16H22Cl2N2O2. The van der Waals surface area contributed by atoms with Crippen molar-refractivity contribution < 1.29 is 9.90 Å². The van der Waals surface area contributed by atoms with Gasteiger partial charge in [0.05, 0.1) is 28.6 Å². The average molecular weight is 345 g/mol. The van der Waals surface area contributed by atoms with Gasteiger partial charge in [-0.05, 0) is 44.6 Å². The molecule has 0 unspecified atom stereocenters. The van der Waals surface area contributed by atoms with E-state index in [-0.39, 0.29) is 18.4 Å². The summed E-state index contributed by atoms with van der Waals surface area (Å²) < 4.78 is 0. The molecule has 2 rings (SSSR count). The average Bonchev–Trinajstić information content (AvgIpc) is 2.44. The Balaban J connectivity index is 2.09. The van der Waals surface area contributed by atoms with Gasteiger partial charge in [-0.1, -0.05) is 29.3 Å². The molecule has 1 amide bonds. The van der Waals surface area contributed by atoms with Crippen molar-refractivity contribution in [2.75, 3.05) is 27.2 Å². The van der Waals surface area contributed by atoms with E-state index in [2.05, 4.69) is 0 Å². The molecule has 4 nitrogen and oxygen atoms in total. The quantitative estimate of drug-likeness (QED) is 0.912. The minimum Gasteiger partial charge on any atom is -0.391 e. The molecule has 0 radical (unpaired) electrons. The maximum absolute atomic E-state index is 12.6. The monoisotopic (exact) mass is 344 g/mol. The predicted molar refractivity (Wildman–Crippen MR) is 89.5 cm³/mol. The molecule has 0 aromatic heterocycles. The highest BCUT2D eigenvalue weighted by atomic mass is 35.5. The third-order valence-corrected chi connectivity index (χ3v) is 4.69. The number of hydrogen-bond acceptors (Lipinski definition) is 3. The van der Waals surface area contributed by atoms with Gasteiger partial charge in [0.1, 0.15) is 0 Å². The van der Waals surface area contributed by atoms with Crippen LogP contribution in [0.25, 0.3) is 0 Å². The SMILES string of the molecule is CN(C)C[C@@H]1[C@@H](O)CCCN1C(=O)Cc1ccc(Cl)c(Cl)c1. The summed E-state index contributed by atoms with van der Waals surface area (Å²) in [4.78, 5) is 16.4. The second kappa shape index (κ2) is 7.64. The van der Waals surface area contributed by atoms with E-state index in [9.17, 15) is 9.90 Å². The van der Waals surface area contributed by atoms with Crippen LogP contribution in [0.15, 0.2) is 18.2 Å². The Hall–Kier alpha value is -0.810. The van der Waals surface area contributed by atoms with Crippen LogP contribution >= 0.6 is 23.2 Å². The Morgan fingerprint density at radius 3 is 2.73 bits per heavy atom. The number of aliphatic hydroxyl groups is 1. The van der Waals surface area contributed by atoms with Crippen LogP contribution in [-0.2, 0) is 11.2 Å². The van der Waals surface area contributed by atoms with Crippen LogP contribution in [0.2, 0.25) is 10.0 Å². The van der Waals surface area contributed by atoms with Gasteiger partial charge in [-0.2, -0.15) is 0 Å². The molecule has 1 aliphatic heterocycles. The summed E-state index contributed by atoms with van der Waals surface area (Å²) in [5.74, 6) is 0.0176. The molecule has 0 aliphatic carbocycles. The topological polar surface area (TPSA) is 43.8 Å². The molecule has 0 saturated carbocycles. The molecule has 1 aromatic rings. The molecule has 1 N–H and O–H groups in total. The maximum atomic E-state index is 12.6. The van der Waals surface area contributed by atoms with Crippen molar-refractivity contribution in [2.45, 2.75) is 31.4 Å². The fraction of sp³-hybridized carbons (Fsp3) is 0.562. The minimum atomic E-state index is -0.464. The number of nitrogens with zero attached hydrogens (tertiary/aromatic N) is 2. The first kappa shape index (κ1) is 17.5. The molecule has 1 heterocycles. The fourth-order valence-electron chi connectivity index (χ4n) is 2.87. The van der Waals surface area contributed by atoms with Crippen molar-refractivity contribution in [3.63, 3.8) is 0 Å². The van der Waals surface area contributed by atoms with Gasteiger partial charge >= 0.3 is 0 Å². The van der Waals surface area contributed by atoms with Crippen LogP contribution in [-0.4, -0.2) is 60.1 Å². The van der Waals surface area contributed by atoms with E-state index in [1.54, 1.807) is 17.0 Å². The van der Waals surface area contributed by atoms with Crippen molar-refractivity contribution in [3.05, 3.63) is 33.8 Å². The number of benzene rings is 1. The van der Waals surface area contributed by atoms with Crippen molar-refractivity contribution in [1.82, 2.24) is 9.80 Å². The second-order valence-corrected chi connectivity index (χ2v) is 6.87. The molecule has 122 valence electrons. The number of carbonyl (C=O) groups is 1. The van der Waals surface area contributed by atoms with E-state index in [1.807, 2.05) is 25.1 Å². The van der Waals surface area contributed by atoms with Gasteiger partial charge in [-0.15, -0.1) is 0 Å². The number of hydrogen-bond donors (Lipinski definition) is 1. The van der Waals surface area contributed by atoms with Gasteiger partial charge in [0.25, 0.3) is 0 Å². The summed E-state index contributed by atoms with van der Waals surface area (Å²) in [5.41, 5.74) is 0.836. The summed E-state index contributed by atoms with van der Waals surface area (Å²) in [6.45, 7) is 1.35. The van der Waals surface area contributed by atoms with Crippen molar-refractivity contribution in [2.24, 2.45) is 0 Å². The fourth-order valence-corrected chi connectivity index (χ4v) is 3.19. The summed E-state index contributed by atoms with van der Waals surface area (Å²) in [6.07, 6.45) is 1.38. The molecular weight excluding hydrogens is 323 g/mol. The molecule has 22 heavy (non-hydrogen) atoms. The third-order valence-electron chi connectivity index (χ3n) is 3.96. The lowest BCUT2D eigenvalue weighted by Crippen LogP contribution is -2.55. The molecule has 6 heteroatoms. The lowest BCUT2D eigenvalue weighted by atomic mass is 9.97. The van der Waals surface area contributed by atoms with E-state index in [0.29, 0.717) is 23.1 Å². The van der Waals surface area contributed by atoms with Crippen LogP contribution in [0.1, 0.15) is 18.4 Å². The Bertz CT molecular complexity index is 537. The molecule has 1 aliphatic rings. The van der Waals surface area contributed by atoms with Crippen LogP contribution in [0.4, 0.5) is 0 Å². The number of piperidine rings is 1.